The van der Waals surface area contributed by atoms with Gasteiger partial charge in [0.25, 0.3) is 0 Å². The van der Waals surface area contributed by atoms with Gasteiger partial charge in [0.05, 0.1) is 12.5 Å². The lowest BCUT2D eigenvalue weighted by Gasteiger charge is -2.18. The van der Waals surface area contributed by atoms with Crippen LogP contribution < -0.4 is 0 Å². The molecule has 0 fully saturated rings. The van der Waals surface area contributed by atoms with E-state index < -0.39 is 0 Å². The van der Waals surface area contributed by atoms with Crippen LogP contribution in [0.25, 0.3) is 0 Å². The van der Waals surface area contributed by atoms with Crippen molar-refractivity contribution in [2.24, 2.45) is 0 Å². The first-order valence-corrected chi connectivity index (χ1v) is 5.71. The van der Waals surface area contributed by atoms with Gasteiger partial charge in [0.15, 0.2) is 0 Å². The van der Waals surface area contributed by atoms with Gasteiger partial charge in [0.2, 0.25) is 0 Å². The van der Waals surface area contributed by atoms with Crippen LogP contribution in [-0.2, 0) is 0 Å². The van der Waals surface area contributed by atoms with Gasteiger partial charge in [-0.3, -0.25) is 0 Å². The minimum absolute atomic E-state index is 0.539. The van der Waals surface area contributed by atoms with E-state index in [1.54, 1.807) is 0 Å². The zero-order valence-corrected chi connectivity index (χ0v) is 10.3. The largest absolute Gasteiger partial charge is 0.198 e. The molecule has 0 spiro atoms. The van der Waals surface area contributed by atoms with Crippen LogP contribution in [0.5, 0.6) is 0 Å². The van der Waals surface area contributed by atoms with Crippen molar-refractivity contribution in [3.05, 3.63) is 34.9 Å². The fraction of sp³-hybridized carbons (Fsp3) is 0.500. The van der Waals surface area contributed by atoms with Crippen LogP contribution >= 0.6 is 0 Å². The van der Waals surface area contributed by atoms with E-state index in [1.165, 1.54) is 16.7 Å². The molecule has 0 amide bonds. The van der Waals surface area contributed by atoms with E-state index in [9.17, 15) is 0 Å². The second kappa shape index (κ2) is 8.05. The molecule has 1 aliphatic carbocycles. The molecule has 0 N–H and O–H groups in total. The highest BCUT2D eigenvalue weighted by Crippen LogP contribution is 2.30. The SMILES string of the molecule is C/C=C1/CCC=C(CC#N)/C1=C/C.CC. The first-order valence-electron chi connectivity index (χ1n) is 5.71. The predicted molar refractivity (Wildman–Crippen MR) is 66.4 cm³/mol. The second-order valence-electron chi connectivity index (χ2n) is 3.12. The average molecular weight is 203 g/mol. The maximum Gasteiger partial charge on any atom is 0.0669 e. The monoisotopic (exact) mass is 203 g/mol. The molecule has 0 aliphatic heterocycles. The maximum atomic E-state index is 8.65. The molecule has 0 saturated carbocycles. The molecule has 0 aromatic heterocycles. The predicted octanol–water partition coefficient (Wildman–Crippen LogP) is 4.54. The topological polar surface area (TPSA) is 23.8 Å². The highest BCUT2D eigenvalue weighted by molar-refractivity contribution is 5.49. The molecule has 0 atom stereocenters. The van der Waals surface area contributed by atoms with Crippen LogP contribution in [0.1, 0.15) is 47.0 Å². The molecule has 0 unspecified atom stereocenters. The highest BCUT2D eigenvalue weighted by Gasteiger charge is 2.12. The Balaban J connectivity index is 0.000000921. The summed E-state index contributed by atoms with van der Waals surface area (Å²) in [7, 11) is 0. The number of nitrogens with zero attached hydrogens (tertiary/aromatic N) is 1. The third-order valence-corrected chi connectivity index (χ3v) is 2.40. The quantitative estimate of drug-likeness (QED) is 0.613. The molecule has 0 bridgehead atoms. The number of allylic oxidation sites excluding steroid dienone is 6. The van der Waals surface area contributed by atoms with E-state index in [2.05, 4.69) is 31.2 Å². The van der Waals surface area contributed by atoms with Crippen LogP contribution in [0, 0.1) is 11.3 Å². The van der Waals surface area contributed by atoms with Crippen LogP contribution in [0.2, 0.25) is 0 Å². The van der Waals surface area contributed by atoms with E-state index in [0.717, 1.165) is 12.8 Å². The number of hydrogen-bond acceptors (Lipinski definition) is 1. The lowest BCUT2D eigenvalue weighted by Crippen LogP contribution is -2.00. The summed E-state index contributed by atoms with van der Waals surface area (Å²) in [5, 5.41) is 8.65. The van der Waals surface area contributed by atoms with Gasteiger partial charge in [-0.25, -0.2) is 0 Å². The van der Waals surface area contributed by atoms with Crippen molar-refractivity contribution in [3.63, 3.8) is 0 Å². The van der Waals surface area contributed by atoms with Gasteiger partial charge in [0.1, 0.15) is 0 Å². The summed E-state index contributed by atoms with van der Waals surface area (Å²) in [5.74, 6) is 0. The van der Waals surface area contributed by atoms with Crippen molar-refractivity contribution in [1.29, 1.82) is 5.26 Å². The normalized spacial score (nSPS) is 20.3. The second-order valence-corrected chi connectivity index (χ2v) is 3.12. The summed E-state index contributed by atoms with van der Waals surface area (Å²) < 4.78 is 0. The lowest BCUT2D eigenvalue weighted by atomic mass is 9.87. The van der Waals surface area contributed by atoms with Crippen LogP contribution in [0.15, 0.2) is 34.9 Å². The first kappa shape index (κ1) is 13.7. The van der Waals surface area contributed by atoms with Gasteiger partial charge < -0.3 is 0 Å². The van der Waals surface area contributed by atoms with E-state index >= 15 is 0 Å². The molecular weight excluding hydrogens is 182 g/mol. The number of hydrogen-bond donors (Lipinski definition) is 0. The summed E-state index contributed by atoms with van der Waals surface area (Å²) in [6.07, 6.45) is 9.18. The lowest BCUT2D eigenvalue weighted by molar-refractivity contribution is 0.926. The molecule has 0 radical (unpaired) electrons. The zero-order chi connectivity index (χ0) is 11.7. The smallest absolute Gasteiger partial charge is 0.0669 e. The third-order valence-electron chi connectivity index (χ3n) is 2.40. The van der Waals surface area contributed by atoms with E-state index in [0.29, 0.717) is 6.42 Å². The summed E-state index contributed by atoms with van der Waals surface area (Å²) in [4.78, 5) is 0. The molecule has 0 aromatic carbocycles. The van der Waals surface area contributed by atoms with Crippen LogP contribution in [0.4, 0.5) is 0 Å². The molecule has 1 rings (SSSR count). The Labute approximate surface area is 93.8 Å². The standard InChI is InChI=1S/C12H15N.C2H6/c1-3-10-6-5-7-11(8-9-13)12(10)4-2;1-2/h3-4,7H,5-6,8H2,1-2H3;1-2H3/b10-3-,12-4+;. The highest BCUT2D eigenvalue weighted by atomic mass is 14.2. The van der Waals surface area contributed by atoms with Gasteiger partial charge in [-0.05, 0) is 43.4 Å². The van der Waals surface area contributed by atoms with Crippen molar-refractivity contribution < 1.29 is 0 Å². The number of rotatable bonds is 1. The van der Waals surface area contributed by atoms with Gasteiger partial charge in [-0.2, -0.15) is 5.26 Å². The van der Waals surface area contributed by atoms with Gasteiger partial charge in [0, 0.05) is 0 Å². The minimum atomic E-state index is 0.539. The summed E-state index contributed by atoms with van der Waals surface area (Å²) in [5.41, 5.74) is 3.86. The average Bonchev–Trinajstić information content (AvgIpc) is 2.31. The Morgan fingerprint density at radius 1 is 1.33 bits per heavy atom. The van der Waals surface area contributed by atoms with Crippen molar-refractivity contribution in [2.75, 3.05) is 0 Å². The molecule has 0 heterocycles. The molecule has 82 valence electrons. The van der Waals surface area contributed by atoms with Crippen molar-refractivity contribution in [1.82, 2.24) is 0 Å². The Bertz CT molecular complexity index is 311. The van der Waals surface area contributed by atoms with Crippen molar-refractivity contribution >= 4 is 0 Å². The van der Waals surface area contributed by atoms with E-state index in [-0.39, 0.29) is 0 Å². The molecule has 0 saturated heterocycles. The van der Waals surface area contributed by atoms with Crippen molar-refractivity contribution in [3.8, 4) is 6.07 Å². The summed E-state index contributed by atoms with van der Waals surface area (Å²) in [6.45, 7) is 8.10. The summed E-state index contributed by atoms with van der Waals surface area (Å²) >= 11 is 0. The third kappa shape index (κ3) is 3.75. The van der Waals surface area contributed by atoms with Crippen LogP contribution in [0.3, 0.4) is 0 Å². The molecular formula is C14H21N. The Kier molecular flexibility index (Phi) is 7.36. The van der Waals surface area contributed by atoms with Gasteiger partial charge in [-0.1, -0.05) is 32.1 Å². The van der Waals surface area contributed by atoms with E-state index in [4.69, 9.17) is 5.26 Å². The molecule has 15 heavy (non-hydrogen) atoms. The Hall–Kier alpha value is -1.29. The van der Waals surface area contributed by atoms with Gasteiger partial charge >= 0.3 is 0 Å². The number of nitriles is 1. The van der Waals surface area contributed by atoms with E-state index in [1.807, 2.05) is 20.8 Å². The maximum absolute atomic E-state index is 8.65. The Morgan fingerprint density at radius 2 is 2.00 bits per heavy atom. The molecule has 0 aromatic rings. The van der Waals surface area contributed by atoms with Gasteiger partial charge in [-0.15, -0.1) is 0 Å². The zero-order valence-electron chi connectivity index (χ0n) is 10.3. The molecule has 1 aliphatic rings. The molecule has 1 nitrogen and oxygen atoms in total. The van der Waals surface area contributed by atoms with Crippen molar-refractivity contribution in [2.45, 2.75) is 47.0 Å². The Morgan fingerprint density at radius 3 is 2.47 bits per heavy atom. The summed E-state index contributed by atoms with van der Waals surface area (Å²) in [6, 6.07) is 2.21. The first-order chi connectivity index (χ1) is 7.33. The fourth-order valence-corrected chi connectivity index (χ4v) is 1.78. The van der Waals surface area contributed by atoms with Crippen LogP contribution in [-0.4, -0.2) is 0 Å². The fourth-order valence-electron chi connectivity index (χ4n) is 1.78. The minimum Gasteiger partial charge on any atom is -0.198 e. The molecule has 1 heteroatoms.